The zero-order chi connectivity index (χ0) is 21.1. The largest absolute Gasteiger partial charge is 0.497 e. The Bertz CT molecular complexity index is 1050. The number of carbonyl (C=O) groups is 1. The van der Waals surface area contributed by atoms with Gasteiger partial charge in [0.25, 0.3) is 0 Å². The van der Waals surface area contributed by atoms with E-state index in [2.05, 4.69) is 9.88 Å². The molecule has 3 aromatic rings. The minimum Gasteiger partial charge on any atom is -0.497 e. The lowest BCUT2D eigenvalue weighted by Crippen LogP contribution is -2.44. The molecule has 7 nitrogen and oxygen atoms in total. The van der Waals surface area contributed by atoms with E-state index in [9.17, 15) is 4.79 Å². The standard InChI is InChI=1S/C23H25N3O4/c1-28-17-7-4-6-16(14-17)24-23(27)26-13-12-25-11-5-8-20(25)22(26)19-15-18(29-2)9-10-21(19)30-3/h4-11,14-15,22H,12-13H2,1-3H3,(H,24,27)/t22-/m0/s1. The van der Waals surface area contributed by atoms with Gasteiger partial charge in [-0.15, -0.1) is 0 Å². The Hall–Kier alpha value is -3.61. The highest BCUT2D eigenvalue weighted by molar-refractivity contribution is 5.90. The molecule has 0 aliphatic carbocycles. The summed E-state index contributed by atoms with van der Waals surface area (Å²) >= 11 is 0. The second kappa shape index (κ2) is 8.41. The number of hydrogen-bond acceptors (Lipinski definition) is 4. The first-order valence-electron chi connectivity index (χ1n) is 9.73. The Morgan fingerprint density at radius 1 is 0.933 bits per heavy atom. The van der Waals surface area contributed by atoms with Crippen LogP contribution in [0.2, 0.25) is 0 Å². The van der Waals surface area contributed by atoms with Crippen LogP contribution in [0.15, 0.2) is 60.8 Å². The molecule has 0 radical (unpaired) electrons. The van der Waals surface area contributed by atoms with Crippen LogP contribution < -0.4 is 19.5 Å². The van der Waals surface area contributed by atoms with Gasteiger partial charge in [-0.2, -0.15) is 0 Å². The van der Waals surface area contributed by atoms with E-state index in [0.29, 0.717) is 29.5 Å². The average molecular weight is 407 g/mol. The number of hydrogen-bond donors (Lipinski definition) is 1. The molecule has 1 aliphatic rings. The molecule has 2 amide bonds. The molecule has 1 aliphatic heterocycles. The molecule has 0 spiro atoms. The molecule has 156 valence electrons. The van der Waals surface area contributed by atoms with Crippen LogP contribution in [-0.2, 0) is 6.54 Å². The lowest BCUT2D eigenvalue weighted by molar-refractivity contribution is 0.180. The highest BCUT2D eigenvalue weighted by Crippen LogP contribution is 2.39. The van der Waals surface area contributed by atoms with Crippen molar-refractivity contribution in [3.8, 4) is 17.2 Å². The fraction of sp³-hybridized carbons (Fsp3) is 0.261. The average Bonchev–Trinajstić information content (AvgIpc) is 3.27. The molecule has 1 aromatic heterocycles. The number of benzene rings is 2. The van der Waals surface area contributed by atoms with Crippen molar-refractivity contribution in [3.05, 3.63) is 72.1 Å². The van der Waals surface area contributed by atoms with E-state index in [1.54, 1.807) is 27.4 Å². The van der Waals surface area contributed by atoms with Gasteiger partial charge in [-0.25, -0.2) is 4.79 Å². The molecule has 0 fully saturated rings. The maximum Gasteiger partial charge on any atom is 0.322 e. The topological polar surface area (TPSA) is 65.0 Å². The van der Waals surface area contributed by atoms with Gasteiger partial charge in [0.05, 0.1) is 21.3 Å². The molecule has 4 rings (SSSR count). The summed E-state index contributed by atoms with van der Waals surface area (Å²) in [6, 6.07) is 16.5. The SMILES string of the molecule is COc1cccc(NC(=O)N2CCn3cccc3[C@@H]2c2cc(OC)ccc2OC)c1. The number of ether oxygens (including phenoxy) is 3. The first kappa shape index (κ1) is 19.7. The minimum absolute atomic E-state index is 0.189. The molecule has 30 heavy (non-hydrogen) atoms. The minimum atomic E-state index is -0.315. The maximum atomic E-state index is 13.3. The summed E-state index contributed by atoms with van der Waals surface area (Å²) < 4.78 is 18.5. The third-order valence-electron chi connectivity index (χ3n) is 5.35. The predicted octanol–water partition coefficient (Wildman–Crippen LogP) is 4.15. The molecule has 1 N–H and O–H groups in total. The third-order valence-corrected chi connectivity index (χ3v) is 5.35. The number of fused-ring (bicyclic) bond motifs is 1. The van der Waals surface area contributed by atoms with E-state index in [1.807, 2.05) is 59.6 Å². The Morgan fingerprint density at radius 3 is 2.50 bits per heavy atom. The Labute approximate surface area is 175 Å². The molecule has 2 heterocycles. The van der Waals surface area contributed by atoms with Crippen LogP contribution in [0.5, 0.6) is 17.2 Å². The van der Waals surface area contributed by atoms with E-state index < -0.39 is 0 Å². The van der Waals surface area contributed by atoms with Crippen molar-refractivity contribution in [2.24, 2.45) is 0 Å². The normalized spacial score (nSPS) is 15.3. The van der Waals surface area contributed by atoms with Crippen LogP contribution in [0.3, 0.4) is 0 Å². The van der Waals surface area contributed by atoms with Gasteiger partial charge < -0.3 is 29.0 Å². The lowest BCUT2D eigenvalue weighted by Gasteiger charge is -2.37. The van der Waals surface area contributed by atoms with E-state index in [1.165, 1.54) is 0 Å². The van der Waals surface area contributed by atoms with Crippen LogP contribution >= 0.6 is 0 Å². The highest BCUT2D eigenvalue weighted by atomic mass is 16.5. The number of carbonyl (C=O) groups excluding carboxylic acids is 1. The van der Waals surface area contributed by atoms with Crippen LogP contribution in [-0.4, -0.2) is 43.4 Å². The number of amides is 2. The number of nitrogens with one attached hydrogen (secondary N) is 1. The number of anilines is 1. The van der Waals surface area contributed by atoms with E-state index in [0.717, 1.165) is 17.8 Å². The highest BCUT2D eigenvalue weighted by Gasteiger charge is 2.34. The van der Waals surface area contributed by atoms with Crippen molar-refractivity contribution in [1.82, 2.24) is 9.47 Å². The van der Waals surface area contributed by atoms with Crippen LogP contribution in [0, 0.1) is 0 Å². The fourth-order valence-electron chi connectivity index (χ4n) is 3.88. The first-order valence-corrected chi connectivity index (χ1v) is 9.73. The Kier molecular flexibility index (Phi) is 5.52. The Morgan fingerprint density at radius 2 is 1.73 bits per heavy atom. The summed E-state index contributed by atoms with van der Waals surface area (Å²) in [5.74, 6) is 2.10. The first-order chi connectivity index (χ1) is 14.6. The summed E-state index contributed by atoms with van der Waals surface area (Å²) in [5.41, 5.74) is 2.57. The maximum absolute atomic E-state index is 13.3. The molecule has 1 atom stereocenters. The number of urea groups is 1. The van der Waals surface area contributed by atoms with E-state index >= 15 is 0 Å². The summed E-state index contributed by atoms with van der Waals surface area (Å²) in [7, 11) is 4.86. The van der Waals surface area contributed by atoms with E-state index in [-0.39, 0.29) is 12.1 Å². The van der Waals surface area contributed by atoms with Crippen molar-refractivity contribution >= 4 is 11.7 Å². The van der Waals surface area contributed by atoms with Gasteiger partial charge in [-0.3, -0.25) is 0 Å². The van der Waals surface area contributed by atoms with Gasteiger partial charge in [-0.05, 0) is 42.5 Å². The van der Waals surface area contributed by atoms with Crippen molar-refractivity contribution in [2.75, 3.05) is 33.2 Å². The number of rotatable bonds is 5. The number of nitrogens with zero attached hydrogens (tertiary/aromatic N) is 2. The molecule has 0 saturated carbocycles. The summed E-state index contributed by atoms with van der Waals surface area (Å²) in [6.45, 7) is 1.28. The van der Waals surface area contributed by atoms with Gasteiger partial charge in [-0.1, -0.05) is 6.07 Å². The van der Waals surface area contributed by atoms with Gasteiger partial charge in [0.2, 0.25) is 0 Å². The van der Waals surface area contributed by atoms with Crippen molar-refractivity contribution < 1.29 is 19.0 Å². The summed E-state index contributed by atoms with van der Waals surface area (Å²) in [4.78, 5) is 15.2. The van der Waals surface area contributed by atoms with Gasteiger partial charge in [0.1, 0.15) is 23.3 Å². The van der Waals surface area contributed by atoms with Crippen molar-refractivity contribution in [1.29, 1.82) is 0 Å². The molecule has 7 heteroatoms. The summed E-state index contributed by atoms with van der Waals surface area (Å²) in [6.07, 6.45) is 2.03. The van der Waals surface area contributed by atoms with Crippen LogP contribution in [0.4, 0.5) is 10.5 Å². The molecular weight excluding hydrogens is 382 g/mol. The zero-order valence-electron chi connectivity index (χ0n) is 17.3. The lowest BCUT2D eigenvalue weighted by atomic mass is 9.98. The summed E-state index contributed by atoms with van der Waals surface area (Å²) in [5, 5.41) is 3.00. The molecular formula is C23H25N3O4. The monoisotopic (exact) mass is 407 g/mol. The molecule has 0 bridgehead atoms. The predicted molar refractivity (Wildman–Crippen MR) is 115 cm³/mol. The fourth-order valence-corrected chi connectivity index (χ4v) is 3.88. The second-order valence-corrected chi connectivity index (χ2v) is 6.99. The number of aromatic nitrogens is 1. The van der Waals surface area contributed by atoms with Gasteiger partial charge in [0.15, 0.2) is 0 Å². The van der Waals surface area contributed by atoms with Crippen molar-refractivity contribution in [2.45, 2.75) is 12.6 Å². The molecule has 0 saturated heterocycles. The smallest absolute Gasteiger partial charge is 0.322 e. The number of methoxy groups -OCH3 is 3. The van der Waals surface area contributed by atoms with Crippen LogP contribution in [0.1, 0.15) is 17.3 Å². The molecule has 2 aromatic carbocycles. The van der Waals surface area contributed by atoms with Gasteiger partial charge >= 0.3 is 6.03 Å². The third kappa shape index (κ3) is 3.66. The van der Waals surface area contributed by atoms with Crippen molar-refractivity contribution in [3.63, 3.8) is 0 Å². The zero-order valence-corrected chi connectivity index (χ0v) is 17.3. The second-order valence-electron chi connectivity index (χ2n) is 6.99. The van der Waals surface area contributed by atoms with Gasteiger partial charge in [0, 0.05) is 42.3 Å². The van der Waals surface area contributed by atoms with E-state index in [4.69, 9.17) is 14.2 Å². The van der Waals surface area contributed by atoms with Crippen LogP contribution in [0.25, 0.3) is 0 Å². The Balaban J connectivity index is 1.73. The molecule has 0 unspecified atom stereocenters. The quantitative estimate of drug-likeness (QED) is 0.690.